The van der Waals surface area contributed by atoms with E-state index in [0.29, 0.717) is 5.92 Å². The topological polar surface area (TPSA) is 60.7 Å². The highest BCUT2D eigenvalue weighted by molar-refractivity contribution is 4.94. The molecule has 2 aliphatic carbocycles. The van der Waals surface area contributed by atoms with Crippen molar-refractivity contribution < 1.29 is 15.3 Å². The Morgan fingerprint density at radius 2 is 1.60 bits per heavy atom. The van der Waals surface area contributed by atoms with Gasteiger partial charge >= 0.3 is 0 Å². The van der Waals surface area contributed by atoms with E-state index in [-0.39, 0.29) is 5.92 Å². The van der Waals surface area contributed by atoms with Crippen LogP contribution >= 0.6 is 0 Å². The van der Waals surface area contributed by atoms with E-state index in [1.54, 1.807) is 6.92 Å². The number of rotatable bonds is 7. The summed E-state index contributed by atoms with van der Waals surface area (Å²) in [7, 11) is 0. The molecule has 0 saturated heterocycles. The van der Waals surface area contributed by atoms with E-state index in [9.17, 15) is 15.3 Å². The number of aliphatic hydroxyl groups excluding tert-OH is 1. The molecule has 2 rings (SSSR count). The van der Waals surface area contributed by atoms with Gasteiger partial charge in [-0.15, -0.1) is 0 Å². The van der Waals surface area contributed by atoms with Crippen molar-refractivity contribution in [3.8, 4) is 0 Å². The van der Waals surface area contributed by atoms with E-state index >= 15 is 0 Å². The molecule has 0 bridgehead atoms. The monoisotopic (exact) mass is 354 g/mol. The maximum Gasteiger partial charge on any atom is 0.0905 e. The number of aliphatic hydroxyl groups is 3. The van der Waals surface area contributed by atoms with Gasteiger partial charge in [0.05, 0.1) is 17.3 Å². The summed E-state index contributed by atoms with van der Waals surface area (Å²) in [5.41, 5.74) is -1.41. The van der Waals surface area contributed by atoms with Crippen LogP contribution < -0.4 is 0 Å². The second-order valence-electron chi connectivity index (χ2n) is 10.0. The molecular formula is C22H42O3. The molecule has 0 aromatic rings. The number of hydrogen-bond donors (Lipinski definition) is 3. The van der Waals surface area contributed by atoms with Crippen LogP contribution in [0.15, 0.2) is 0 Å². The van der Waals surface area contributed by atoms with Gasteiger partial charge in [-0.05, 0) is 94.8 Å². The molecule has 2 saturated carbocycles. The van der Waals surface area contributed by atoms with Crippen LogP contribution in [-0.4, -0.2) is 32.6 Å². The maximum atomic E-state index is 10.9. The van der Waals surface area contributed by atoms with Crippen molar-refractivity contribution in [1.82, 2.24) is 0 Å². The Balaban J connectivity index is 1.75. The van der Waals surface area contributed by atoms with Gasteiger partial charge in [0, 0.05) is 0 Å². The van der Waals surface area contributed by atoms with Crippen molar-refractivity contribution in [2.75, 3.05) is 0 Å². The normalized spacial score (nSPS) is 41.0. The Kier molecular flexibility index (Phi) is 7.38. The average molecular weight is 355 g/mol. The van der Waals surface area contributed by atoms with Gasteiger partial charge in [0.2, 0.25) is 0 Å². The van der Waals surface area contributed by atoms with Gasteiger partial charge in [0.1, 0.15) is 0 Å². The molecule has 0 heterocycles. The first-order valence-corrected chi connectivity index (χ1v) is 10.7. The lowest BCUT2D eigenvalue weighted by Crippen LogP contribution is -2.49. The summed E-state index contributed by atoms with van der Waals surface area (Å²) in [5, 5.41) is 31.6. The Bertz CT molecular complexity index is 396. The minimum Gasteiger partial charge on any atom is -0.390 e. The summed E-state index contributed by atoms with van der Waals surface area (Å²) in [6.07, 6.45) is 10.6. The Morgan fingerprint density at radius 1 is 0.960 bits per heavy atom. The molecule has 0 aromatic carbocycles. The molecule has 0 aliphatic heterocycles. The summed E-state index contributed by atoms with van der Waals surface area (Å²) in [5.74, 6) is 2.23. The Hall–Kier alpha value is -0.120. The van der Waals surface area contributed by atoms with Gasteiger partial charge in [0.25, 0.3) is 0 Å². The van der Waals surface area contributed by atoms with Gasteiger partial charge in [-0.1, -0.05) is 27.2 Å². The van der Waals surface area contributed by atoms with Crippen LogP contribution in [0.1, 0.15) is 98.3 Å². The van der Waals surface area contributed by atoms with Crippen LogP contribution in [-0.2, 0) is 0 Å². The minimum atomic E-state index is -0.946. The first kappa shape index (κ1) is 21.2. The maximum absolute atomic E-state index is 10.9. The molecule has 4 unspecified atom stereocenters. The fourth-order valence-corrected chi connectivity index (χ4v) is 5.26. The molecular weight excluding hydrogens is 312 g/mol. The van der Waals surface area contributed by atoms with Crippen molar-refractivity contribution in [1.29, 1.82) is 0 Å². The molecule has 0 spiro atoms. The second-order valence-corrected chi connectivity index (χ2v) is 10.0. The van der Waals surface area contributed by atoms with Gasteiger partial charge < -0.3 is 15.3 Å². The van der Waals surface area contributed by atoms with Crippen LogP contribution in [0, 0.1) is 23.7 Å². The predicted molar refractivity (Wildman–Crippen MR) is 103 cm³/mol. The molecule has 148 valence electrons. The molecule has 0 aromatic heterocycles. The Labute approximate surface area is 155 Å². The molecule has 25 heavy (non-hydrogen) atoms. The van der Waals surface area contributed by atoms with Crippen molar-refractivity contribution >= 4 is 0 Å². The van der Waals surface area contributed by atoms with E-state index in [1.807, 2.05) is 0 Å². The van der Waals surface area contributed by atoms with E-state index in [1.165, 1.54) is 19.3 Å². The standard InChI is InChI=1S/C22H42O3/c1-16(2)14-18-9-12-22(25,13-10-18)11-8-17(3)15-19-6-5-7-20(23)21(19,4)24/h16-20,23-25H,5-15H2,1-4H3. The first-order chi connectivity index (χ1) is 11.6. The third-order valence-corrected chi connectivity index (χ3v) is 7.16. The van der Waals surface area contributed by atoms with Crippen LogP contribution in [0.2, 0.25) is 0 Å². The molecule has 3 nitrogen and oxygen atoms in total. The molecule has 3 N–H and O–H groups in total. The minimum absolute atomic E-state index is 0.183. The van der Waals surface area contributed by atoms with Crippen LogP contribution in [0.25, 0.3) is 0 Å². The van der Waals surface area contributed by atoms with E-state index in [2.05, 4.69) is 20.8 Å². The van der Waals surface area contributed by atoms with E-state index in [4.69, 9.17) is 0 Å². The molecule has 4 atom stereocenters. The molecule has 0 radical (unpaired) electrons. The van der Waals surface area contributed by atoms with E-state index in [0.717, 1.165) is 63.2 Å². The summed E-state index contributed by atoms with van der Waals surface area (Å²) < 4.78 is 0. The smallest absolute Gasteiger partial charge is 0.0905 e. The third-order valence-electron chi connectivity index (χ3n) is 7.16. The Morgan fingerprint density at radius 3 is 2.20 bits per heavy atom. The zero-order valence-corrected chi connectivity index (χ0v) is 17.0. The zero-order chi connectivity index (χ0) is 18.7. The third kappa shape index (κ3) is 5.94. The highest BCUT2D eigenvalue weighted by Gasteiger charge is 2.42. The van der Waals surface area contributed by atoms with E-state index < -0.39 is 17.3 Å². The van der Waals surface area contributed by atoms with Crippen molar-refractivity contribution in [2.24, 2.45) is 23.7 Å². The first-order valence-electron chi connectivity index (χ1n) is 10.7. The van der Waals surface area contributed by atoms with Gasteiger partial charge in [-0.3, -0.25) is 0 Å². The van der Waals surface area contributed by atoms with Crippen molar-refractivity contribution in [2.45, 2.75) is 116 Å². The van der Waals surface area contributed by atoms with Gasteiger partial charge in [-0.25, -0.2) is 0 Å². The van der Waals surface area contributed by atoms with Crippen LogP contribution in [0.5, 0.6) is 0 Å². The molecule has 0 amide bonds. The van der Waals surface area contributed by atoms with Crippen molar-refractivity contribution in [3.05, 3.63) is 0 Å². The summed E-state index contributed by atoms with van der Waals surface area (Å²) in [4.78, 5) is 0. The summed E-state index contributed by atoms with van der Waals surface area (Å²) in [6, 6.07) is 0. The fourth-order valence-electron chi connectivity index (χ4n) is 5.26. The van der Waals surface area contributed by atoms with Crippen LogP contribution in [0.4, 0.5) is 0 Å². The zero-order valence-electron chi connectivity index (χ0n) is 17.0. The molecule has 2 fully saturated rings. The fraction of sp³-hybridized carbons (Fsp3) is 1.00. The average Bonchev–Trinajstić information content (AvgIpc) is 2.53. The molecule has 2 aliphatic rings. The highest BCUT2D eigenvalue weighted by atomic mass is 16.3. The SMILES string of the molecule is CC(C)CC1CCC(O)(CCC(C)CC2CCCC(O)C2(C)O)CC1. The quantitative estimate of drug-likeness (QED) is 0.622. The summed E-state index contributed by atoms with van der Waals surface area (Å²) in [6.45, 7) is 8.63. The lowest BCUT2D eigenvalue weighted by atomic mass is 9.69. The van der Waals surface area contributed by atoms with Gasteiger partial charge in [-0.2, -0.15) is 0 Å². The predicted octanol–water partition coefficient (Wildman–Crippen LogP) is 4.67. The number of hydrogen-bond acceptors (Lipinski definition) is 3. The van der Waals surface area contributed by atoms with Crippen molar-refractivity contribution in [3.63, 3.8) is 0 Å². The molecule has 3 heteroatoms. The summed E-state index contributed by atoms with van der Waals surface area (Å²) >= 11 is 0. The van der Waals surface area contributed by atoms with Gasteiger partial charge in [0.15, 0.2) is 0 Å². The lowest BCUT2D eigenvalue weighted by Gasteiger charge is -2.42. The van der Waals surface area contributed by atoms with Crippen LogP contribution in [0.3, 0.4) is 0 Å². The highest BCUT2D eigenvalue weighted by Crippen LogP contribution is 2.41. The second kappa shape index (κ2) is 8.71. The largest absolute Gasteiger partial charge is 0.390 e. The lowest BCUT2D eigenvalue weighted by molar-refractivity contribution is -0.129.